The Labute approximate surface area is 169 Å². The number of pyridine rings is 1. The highest BCUT2D eigenvalue weighted by Gasteiger charge is 2.44. The summed E-state index contributed by atoms with van der Waals surface area (Å²) in [5.74, 6) is -0.0329. The third-order valence-corrected chi connectivity index (χ3v) is 6.42. The van der Waals surface area contributed by atoms with Crippen molar-refractivity contribution < 1.29 is 9.53 Å². The molecule has 1 aliphatic carbocycles. The summed E-state index contributed by atoms with van der Waals surface area (Å²) in [5, 5.41) is 1.53. The first-order valence-corrected chi connectivity index (χ1v) is 10.2. The molecule has 0 unspecified atom stereocenters. The van der Waals surface area contributed by atoms with Crippen LogP contribution in [0.15, 0.2) is 65.6 Å². The van der Waals surface area contributed by atoms with Crippen LogP contribution in [-0.2, 0) is 21.6 Å². The van der Waals surface area contributed by atoms with Crippen LogP contribution in [0.4, 0.5) is 0 Å². The first kappa shape index (κ1) is 18.1. The molecule has 2 aliphatic rings. The van der Waals surface area contributed by atoms with Gasteiger partial charge >= 0.3 is 0 Å². The van der Waals surface area contributed by atoms with Gasteiger partial charge in [0.2, 0.25) is 5.91 Å². The van der Waals surface area contributed by atoms with E-state index in [-0.39, 0.29) is 11.5 Å². The van der Waals surface area contributed by atoms with E-state index in [1.165, 1.54) is 11.1 Å². The van der Waals surface area contributed by atoms with Crippen LogP contribution < -0.4 is 5.56 Å². The minimum atomic E-state index is -0.557. The molecule has 1 saturated heterocycles. The van der Waals surface area contributed by atoms with E-state index in [1.54, 1.807) is 10.8 Å². The molecule has 2 heterocycles. The topological polar surface area (TPSA) is 51.5 Å². The van der Waals surface area contributed by atoms with Crippen molar-refractivity contribution in [2.75, 3.05) is 19.7 Å². The van der Waals surface area contributed by atoms with Crippen LogP contribution in [0.2, 0.25) is 0 Å². The Hall–Kier alpha value is -2.92. The zero-order valence-electron chi connectivity index (χ0n) is 16.5. The summed E-state index contributed by atoms with van der Waals surface area (Å²) < 4.78 is 7.79. The first-order valence-electron chi connectivity index (χ1n) is 10.2. The van der Waals surface area contributed by atoms with E-state index in [0.29, 0.717) is 25.1 Å². The van der Waals surface area contributed by atoms with Crippen molar-refractivity contribution in [2.45, 2.75) is 31.4 Å². The lowest BCUT2D eigenvalue weighted by Crippen LogP contribution is -2.52. The Kier molecular flexibility index (Phi) is 4.28. The van der Waals surface area contributed by atoms with Gasteiger partial charge in [0.1, 0.15) is 11.6 Å². The van der Waals surface area contributed by atoms with Gasteiger partial charge in [-0.15, -0.1) is 0 Å². The molecule has 1 aliphatic heterocycles. The van der Waals surface area contributed by atoms with Crippen molar-refractivity contribution in [3.63, 3.8) is 0 Å². The number of hydrogen-bond acceptors (Lipinski definition) is 3. The number of fused-ring (bicyclic) bond motifs is 3. The second-order valence-electron chi connectivity index (χ2n) is 8.05. The van der Waals surface area contributed by atoms with Gasteiger partial charge in [-0.1, -0.05) is 42.5 Å². The summed E-state index contributed by atoms with van der Waals surface area (Å²) in [6, 6.07) is 17.2. The second-order valence-corrected chi connectivity index (χ2v) is 8.05. The molecule has 1 amide bonds. The number of benzene rings is 2. The monoisotopic (exact) mass is 388 g/mol. The number of amides is 1. The predicted octanol–water partition coefficient (Wildman–Crippen LogP) is 3.26. The predicted molar refractivity (Wildman–Crippen MR) is 112 cm³/mol. The molecule has 148 valence electrons. The minimum absolute atomic E-state index is 0.0329. The summed E-state index contributed by atoms with van der Waals surface area (Å²) in [5.41, 5.74) is 1.96. The third-order valence-electron chi connectivity index (χ3n) is 6.42. The highest BCUT2D eigenvalue weighted by molar-refractivity contribution is 5.83. The standard InChI is InChI=1S/C24H24N2O3/c1-17(26-13-11-18-6-2-4-8-20(18)23(26)28)22(27)25-14-15-29-24(16-25)12-10-19-7-3-5-9-21(19)24/h2-9,11,13,17H,10,12,14-16H2,1H3/t17-,24+/m0/s1. The molecular weight excluding hydrogens is 364 g/mol. The van der Waals surface area contributed by atoms with E-state index in [2.05, 4.69) is 18.2 Å². The second kappa shape index (κ2) is 6.85. The number of morpholine rings is 1. The molecule has 0 N–H and O–H groups in total. The Balaban J connectivity index is 1.44. The lowest BCUT2D eigenvalue weighted by atomic mass is 9.93. The summed E-state index contributed by atoms with van der Waals surface area (Å²) in [6.07, 6.45) is 3.59. The number of hydrogen-bond donors (Lipinski definition) is 0. The van der Waals surface area contributed by atoms with Crippen LogP contribution in [0.1, 0.15) is 30.5 Å². The van der Waals surface area contributed by atoms with Gasteiger partial charge < -0.3 is 14.2 Å². The number of nitrogens with zero attached hydrogens (tertiary/aromatic N) is 2. The van der Waals surface area contributed by atoms with Crippen molar-refractivity contribution in [1.82, 2.24) is 9.47 Å². The van der Waals surface area contributed by atoms with Crippen LogP contribution in [0.25, 0.3) is 10.8 Å². The Morgan fingerprint density at radius 3 is 2.79 bits per heavy atom. The van der Waals surface area contributed by atoms with Crippen LogP contribution in [0, 0.1) is 0 Å². The van der Waals surface area contributed by atoms with E-state index >= 15 is 0 Å². The SMILES string of the molecule is C[C@@H](C(=O)N1CCO[C@]2(CCc3ccccc32)C1)n1ccc2ccccc2c1=O. The molecular formula is C24H24N2O3. The molecule has 5 rings (SSSR count). The molecule has 0 bridgehead atoms. The number of carbonyl (C=O) groups is 1. The molecule has 5 nitrogen and oxygen atoms in total. The van der Waals surface area contributed by atoms with Crippen LogP contribution in [-0.4, -0.2) is 35.1 Å². The average Bonchev–Trinajstić information content (AvgIpc) is 3.11. The van der Waals surface area contributed by atoms with Crippen molar-refractivity contribution in [3.8, 4) is 0 Å². The van der Waals surface area contributed by atoms with Gasteiger partial charge in [0.15, 0.2) is 0 Å². The van der Waals surface area contributed by atoms with Gasteiger partial charge in [-0.3, -0.25) is 9.59 Å². The van der Waals surface area contributed by atoms with E-state index < -0.39 is 11.6 Å². The Morgan fingerprint density at radius 2 is 1.90 bits per heavy atom. The fourth-order valence-electron chi connectivity index (χ4n) is 4.83. The lowest BCUT2D eigenvalue weighted by Gasteiger charge is -2.42. The number of carbonyl (C=O) groups excluding carboxylic acids is 1. The molecule has 0 saturated carbocycles. The summed E-state index contributed by atoms with van der Waals surface area (Å²) in [7, 11) is 0. The van der Waals surface area contributed by atoms with E-state index in [4.69, 9.17) is 4.74 Å². The molecule has 5 heteroatoms. The van der Waals surface area contributed by atoms with E-state index in [0.717, 1.165) is 18.2 Å². The Bertz CT molecular complexity index is 1150. The molecule has 0 radical (unpaired) electrons. The zero-order valence-corrected chi connectivity index (χ0v) is 16.5. The van der Waals surface area contributed by atoms with Crippen LogP contribution in [0.5, 0.6) is 0 Å². The van der Waals surface area contributed by atoms with Gasteiger partial charge in [-0.05, 0) is 48.4 Å². The number of aromatic nitrogens is 1. The van der Waals surface area contributed by atoms with E-state index in [1.807, 2.05) is 48.2 Å². The smallest absolute Gasteiger partial charge is 0.259 e. The minimum Gasteiger partial charge on any atom is -0.367 e. The molecule has 2 aromatic carbocycles. The van der Waals surface area contributed by atoms with Crippen molar-refractivity contribution in [2.24, 2.45) is 0 Å². The van der Waals surface area contributed by atoms with Crippen LogP contribution in [0.3, 0.4) is 0 Å². The van der Waals surface area contributed by atoms with Crippen molar-refractivity contribution in [1.29, 1.82) is 0 Å². The highest BCUT2D eigenvalue weighted by atomic mass is 16.5. The molecule has 3 aromatic rings. The lowest BCUT2D eigenvalue weighted by molar-refractivity contribution is -0.155. The van der Waals surface area contributed by atoms with Gasteiger partial charge in [0, 0.05) is 18.1 Å². The zero-order chi connectivity index (χ0) is 20.0. The number of ether oxygens (including phenoxy) is 1. The van der Waals surface area contributed by atoms with Gasteiger partial charge in [-0.25, -0.2) is 0 Å². The van der Waals surface area contributed by atoms with Gasteiger partial charge in [0.05, 0.1) is 13.2 Å². The normalized spacial score (nSPS) is 22.0. The summed E-state index contributed by atoms with van der Waals surface area (Å²) >= 11 is 0. The van der Waals surface area contributed by atoms with Gasteiger partial charge in [0.25, 0.3) is 5.56 Å². The number of rotatable bonds is 2. The maximum atomic E-state index is 13.3. The van der Waals surface area contributed by atoms with Crippen molar-refractivity contribution in [3.05, 3.63) is 82.3 Å². The largest absolute Gasteiger partial charge is 0.367 e. The molecule has 1 spiro atoms. The fourth-order valence-corrected chi connectivity index (χ4v) is 4.83. The van der Waals surface area contributed by atoms with Gasteiger partial charge in [-0.2, -0.15) is 0 Å². The molecule has 1 aromatic heterocycles. The average molecular weight is 388 g/mol. The van der Waals surface area contributed by atoms with Crippen LogP contribution >= 0.6 is 0 Å². The summed E-state index contributed by atoms with van der Waals surface area (Å²) in [4.78, 5) is 28.2. The molecule has 2 atom stereocenters. The van der Waals surface area contributed by atoms with E-state index in [9.17, 15) is 9.59 Å². The van der Waals surface area contributed by atoms with Crippen molar-refractivity contribution >= 4 is 16.7 Å². The Morgan fingerprint density at radius 1 is 1.10 bits per heavy atom. The first-order chi connectivity index (χ1) is 14.1. The molecule has 29 heavy (non-hydrogen) atoms. The molecule has 1 fully saturated rings. The fraction of sp³-hybridized carbons (Fsp3) is 0.333. The number of aryl methyl sites for hydroxylation is 1. The maximum Gasteiger partial charge on any atom is 0.259 e. The maximum absolute atomic E-state index is 13.3. The quantitative estimate of drug-likeness (QED) is 0.677. The highest BCUT2D eigenvalue weighted by Crippen LogP contribution is 2.42. The summed E-state index contributed by atoms with van der Waals surface area (Å²) in [6.45, 7) is 3.41. The third kappa shape index (κ3) is 2.88.